The van der Waals surface area contributed by atoms with Gasteiger partial charge in [-0.2, -0.15) is 0 Å². The van der Waals surface area contributed by atoms with Crippen LogP contribution in [0.4, 0.5) is 0 Å². The van der Waals surface area contributed by atoms with Crippen molar-refractivity contribution in [2.24, 2.45) is 0 Å². The van der Waals surface area contributed by atoms with Crippen LogP contribution in [0.15, 0.2) is 36.4 Å². The fraction of sp³-hybridized carbons (Fsp3) is 0.308. The summed E-state index contributed by atoms with van der Waals surface area (Å²) in [5.74, 6) is -0.206. The minimum atomic E-state index is -0.851. The van der Waals surface area contributed by atoms with Crippen LogP contribution in [-0.2, 0) is 11.2 Å². The molecule has 1 N–H and O–H groups in total. The molecule has 0 aromatic heterocycles. The summed E-state index contributed by atoms with van der Waals surface area (Å²) in [6.07, 6.45) is 0.769. The van der Waals surface area contributed by atoms with Gasteiger partial charge in [-0.1, -0.05) is 23.8 Å². The molecule has 16 heavy (non-hydrogen) atoms. The van der Waals surface area contributed by atoms with E-state index in [-0.39, 0.29) is 6.42 Å². The molecule has 0 fully saturated rings. The van der Waals surface area contributed by atoms with Gasteiger partial charge in [0.05, 0.1) is 13.0 Å². The van der Waals surface area contributed by atoms with E-state index in [1.165, 1.54) is 0 Å². The molecule has 0 unspecified atom stereocenters. The van der Waals surface area contributed by atoms with E-state index in [9.17, 15) is 4.79 Å². The van der Waals surface area contributed by atoms with E-state index in [0.29, 0.717) is 17.9 Å². The average molecular weight is 220 g/mol. The van der Waals surface area contributed by atoms with Crippen LogP contribution in [0.25, 0.3) is 0 Å². The van der Waals surface area contributed by atoms with Gasteiger partial charge in [0.2, 0.25) is 0 Å². The Morgan fingerprint density at radius 2 is 2.12 bits per heavy atom. The molecule has 0 heterocycles. The van der Waals surface area contributed by atoms with E-state index in [1.807, 2.05) is 19.1 Å². The highest BCUT2D eigenvalue weighted by Gasteiger charge is 2.06. The molecule has 1 rings (SSSR count). The molecule has 0 spiro atoms. The van der Waals surface area contributed by atoms with Gasteiger partial charge in [0.15, 0.2) is 0 Å². The van der Waals surface area contributed by atoms with E-state index >= 15 is 0 Å². The molecule has 0 radical (unpaired) electrons. The zero-order valence-electron chi connectivity index (χ0n) is 9.40. The number of hydrogen-bond donors (Lipinski definition) is 1. The van der Waals surface area contributed by atoms with Crippen molar-refractivity contribution < 1.29 is 14.6 Å². The number of ether oxygens (including phenoxy) is 1. The smallest absolute Gasteiger partial charge is 0.307 e. The highest BCUT2D eigenvalue weighted by atomic mass is 16.5. The fourth-order valence-electron chi connectivity index (χ4n) is 1.29. The minimum absolute atomic E-state index is 0.0107. The molecule has 86 valence electrons. The summed E-state index contributed by atoms with van der Waals surface area (Å²) in [5, 5.41) is 8.74. The zero-order valence-corrected chi connectivity index (χ0v) is 9.40. The van der Waals surface area contributed by atoms with Gasteiger partial charge in [-0.15, -0.1) is 6.58 Å². The van der Waals surface area contributed by atoms with Gasteiger partial charge >= 0.3 is 5.97 Å². The Balaban J connectivity index is 2.63. The first-order chi connectivity index (χ1) is 7.59. The first kappa shape index (κ1) is 12.3. The van der Waals surface area contributed by atoms with Crippen molar-refractivity contribution in [3.8, 4) is 5.75 Å². The van der Waals surface area contributed by atoms with Gasteiger partial charge in [0, 0.05) is 12.0 Å². The summed E-state index contributed by atoms with van der Waals surface area (Å²) >= 11 is 0. The third-order valence-corrected chi connectivity index (χ3v) is 2.10. The second-order valence-corrected chi connectivity index (χ2v) is 3.73. The lowest BCUT2D eigenvalue weighted by Gasteiger charge is -2.09. The molecule has 1 aromatic carbocycles. The number of para-hydroxylation sites is 1. The van der Waals surface area contributed by atoms with Gasteiger partial charge in [-0.05, 0) is 13.0 Å². The Morgan fingerprint density at radius 1 is 1.44 bits per heavy atom. The number of benzene rings is 1. The molecule has 1 aromatic rings. The fourth-order valence-corrected chi connectivity index (χ4v) is 1.29. The minimum Gasteiger partial charge on any atom is -0.493 e. The summed E-state index contributed by atoms with van der Waals surface area (Å²) < 4.78 is 5.52. The van der Waals surface area contributed by atoms with E-state index in [4.69, 9.17) is 9.84 Å². The van der Waals surface area contributed by atoms with Crippen molar-refractivity contribution in [3.63, 3.8) is 0 Å². The van der Waals surface area contributed by atoms with Gasteiger partial charge in [0.1, 0.15) is 5.75 Å². The quantitative estimate of drug-likeness (QED) is 0.750. The maximum atomic E-state index is 10.6. The third-order valence-electron chi connectivity index (χ3n) is 2.10. The lowest BCUT2D eigenvalue weighted by atomic mass is 10.1. The van der Waals surface area contributed by atoms with Crippen LogP contribution in [0, 0.1) is 0 Å². The molecule has 0 bridgehead atoms. The number of carbonyl (C=O) groups is 1. The summed E-state index contributed by atoms with van der Waals surface area (Å²) in [5.41, 5.74) is 1.76. The van der Waals surface area contributed by atoms with Crippen molar-refractivity contribution in [3.05, 3.63) is 42.0 Å². The number of aliphatic carboxylic acids is 1. The predicted molar refractivity (Wildman–Crippen MR) is 62.7 cm³/mol. The molecule has 0 aliphatic rings. The van der Waals surface area contributed by atoms with Crippen molar-refractivity contribution in [1.82, 2.24) is 0 Å². The molecule has 3 nitrogen and oxygen atoms in total. The lowest BCUT2D eigenvalue weighted by Crippen LogP contribution is -2.05. The molecule has 0 saturated carbocycles. The second kappa shape index (κ2) is 5.95. The van der Waals surface area contributed by atoms with E-state index < -0.39 is 5.97 Å². The number of rotatable bonds is 6. The summed E-state index contributed by atoms with van der Waals surface area (Å²) in [7, 11) is 0. The highest BCUT2D eigenvalue weighted by Crippen LogP contribution is 2.19. The second-order valence-electron chi connectivity index (χ2n) is 3.73. The number of carboxylic acids is 1. The number of carboxylic acid groups (broad SMARTS) is 1. The van der Waals surface area contributed by atoms with Crippen LogP contribution in [0.3, 0.4) is 0 Å². The average Bonchev–Trinajstić information content (AvgIpc) is 2.19. The Morgan fingerprint density at radius 3 is 2.75 bits per heavy atom. The van der Waals surface area contributed by atoms with Crippen LogP contribution < -0.4 is 4.74 Å². The van der Waals surface area contributed by atoms with Crippen molar-refractivity contribution >= 4 is 5.97 Å². The van der Waals surface area contributed by atoms with E-state index in [1.54, 1.807) is 12.1 Å². The SMILES string of the molecule is C=C(C)CCOc1ccccc1CC(=O)O. The monoisotopic (exact) mass is 220 g/mol. The van der Waals surface area contributed by atoms with Crippen molar-refractivity contribution in [2.45, 2.75) is 19.8 Å². The summed E-state index contributed by atoms with van der Waals surface area (Å²) in [6, 6.07) is 7.20. The van der Waals surface area contributed by atoms with Crippen molar-refractivity contribution in [2.75, 3.05) is 6.61 Å². The first-order valence-electron chi connectivity index (χ1n) is 5.16. The van der Waals surface area contributed by atoms with Crippen LogP contribution in [0.2, 0.25) is 0 Å². The van der Waals surface area contributed by atoms with Gasteiger partial charge in [-0.25, -0.2) is 0 Å². The van der Waals surface area contributed by atoms with Crippen LogP contribution in [0.1, 0.15) is 18.9 Å². The van der Waals surface area contributed by atoms with Crippen molar-refractivity contribution in [1.29, 1.82) is 0 Å². The molecule has 3 heteroatoms. The van der Waals surface area contributed by atoms with Crippen LogP contribution >= 0.6 is 0 Å². The first-order valence-corrected chi connectivity index (χ1v) is 5.16. The summed E-state index contributed by atoms with van der Waals surface area (Å²) in [4.78, 5) is 10.6. The Hall–Kier alpha value is -1.77. The lowest BCUT2D eigenvalue weighted by molar-refractivity contribution is -0.136. The molecule has 0 aliphatic carbocycles. The Labute approximate surface area is 95.4 Å². The molecule has 0 atom stereocenters. The highest BCUT2D eigenvalue weighted by molar-refractivity contribution is 5.71. The topological polar surface area (TPSA) is 46.5 Å². The van der Waals surface area contributed by atoms with Gasteiger partial charge in [0.25, 0.3) is 0 Å². The normalized spacial score (nSPS) is 9.81. The Kier molecular flexibility index (Phi) is 4.58. The molecule has 0 aliphatic heterocycles. The van der Waals surface area contributed by atoms with Crippen LogP contribution in [-0.4, -0.2) is 17.7 Å². The van der Waals surface area contributed by atoms with E-state index in [2.05, 4.69) is 6.58 Å². The molecule has 0 amide bonds. The molecule has 0 saturated heterocycles. The summed E-state index contributed by atoms with van der Waals surface area (Å²) in [6.45, 7) is 6.25. The maximum absolute atomic E-state index is 10.6. The molecular weight excluding hydrogens is 204 g/mol. The van der Waals surface area contributed by atoms with Gasteiger partial charge < -0.3 is 9.84 Å². The van der Waals surface area contributed by atoms with E-state index in [0.717, 1.165) is 12.0 Å². The maximum Gasteiger partial charge on any atom is 0.307 e. The van der Waals surface area contributed by atoms with Crippen LogP contribution in [0.5, 0.6) is 5.75 Å². The van der Waals surface area contributed by atoms with Gasteiger partial charge in [-0.3, -0.25) is 4.79 Å². The standard InChI is InChI=1S/C13H16O3/c1-10(2)7-8-16-12-6-4-3-5-11(12)9-13(14)15/h3-6H,1,7-9H2,2H3,(H,14,15). The Bertz CT molecular complexity index is 383. The third kappa shape index (κ3) is 4.17. The largest absolute Gasteiger partial charge is 0.493 e. The number of hydrogen-bond acceptors (Lipinski definition) is 2. The molecular formula is C13H16O3. The zero-order chi connectivity index (χ0) is 12.0. The predicted octanol–water partition coefficient (Wildman–Crippen LogP) is 2.66.